The van der Waals surface area contributed by atoms with Crippen LogP contribution in [0.4, 0.5) is 11.5 Å². The highest BCUT2D eigenvalue weighted by molar-refractivity contribution is 5.99. The minimum absolute atomic E-state index is 0.379. The molecule has 0 saturated carbocycles. The molecule has 0 radical (unpaired) electrons. The first-order valence-electron chi connectivity index (χ1n) is 12.1. The molecule has 8 heteroatoms. The summed E-state index contributed by atoms with van der Waals surface area (Å²) in [6, 6.07) is 23.4. The molecule has 1 heterocycles. The maximum atomic E-state index is 12.7. The van der Waals surface area contributed by atoms with Gasteiger partial charge < -0.3 is 27.2 Å². The molecule has 8 nitrogen and oxygen atoms in total. The molecule has 0 aliphatic rings. The fourth-order valence-corrected chi connectivity index (χ4v) is 3.84. The van der Waals surface area contributed by atoms with Crippen LogP contribution < -0.4 is 22.1 Å². The number of hydrogen-bond acceptors (Lipinski definition) is 6. The Morgan fingerprint density at radius 2 is 1.68 bits per heavy atom. The summed E-state index contributed by atoms with van der Waals surface area (Å²) in [5.74, 6) is -0.402. The lowest BCUT2D eigenvalue weighted by Crippen LogP contribution is -2.40. The van der Waals surface area contributed by atoms with Crippen LogP contribution in [0, 0.1) is 0 Å². The van der Waals surface area contributed by atoms with E-state index in [-0.39, 0.29) is 5.91 Å². The fraction of sp³-hybridized carbons (Fsp3) is 0.207. The number of nitrogens with one attached hydrogen (secondary N) is 2. The topological polar surface area (TPSA) is 143 Å². The average molecular weight is 500 g/mol. The number of nitrogens with zero attached hydrogens (tertiary/aromatic N) is 1. The molecule has 0 fully saturated rings. The van der Waals surface area contributed by atoms with Gasteiger partial charge in [-0.1, -0.05) is 56.3 Å². The number of aliphatic hydroxyl groups excluding tert-OH is 1. The van der Waals surface area contributed by atoms with Gasteiger partial charge in [-0.2, -0.15) is 0 Å². The van der Waals surface area contributed by atoms with Gasteiger partial charge in [0.05, 0.1) is 6.04 Å². The van der Waals surface area contributed by atoms with Crippen molar-refractivity contribution >= 4 is 34.1 Å². The first-order chi connectivity index (χ1) is 17.8. The zero-order chi connectivity index (χ0) is 26.8. The van der Waals surface area contributed by atoms with E-state index >= 15 is 0 Å². The SMILES string of the molecule is CCNC(c1ccc(CC)cc1)C(O)C(=O)Nc1ccc2c(N)nccc2c1.NC(=O)c1ccccc1. The van der Waals surface area contributed by atoms with E-state index in [1.807, 2.05) is 55.5 Å². The van der Waals surface area contributed by atoms with E-state index in [2.05, 4.69) is 22.5 Å². The molecule has 2 unspecified atom stereocenters. The lowest BCUT2D eigenvalue weighted by molar-refractivity contribution is -0.125. The smallest absolute Gasteiger partial charge is 0.255 e. The van der Waals surface area contributed by atoms with Crippen LogP contribution in [0.25, 0.3) is 10.8 Å². The number of aromatic nitrogens is 1. The molecule has 37 heavy (non-hydrogen) atoms. The summed E-state index contributed by atoms with van der Waals surface area (Å²) in [5.41, 5.74) is 14.1. The second-order valence-corrected chi connectivity index (χ2v) is 8.43. The van der Waals surface area contributed by atoms with Gasteiger partial charge in [0.15, 0.2) is 6.10 Å². The van der Waals surface area contributed by atoms with Crippen molar-refractivity contribution in [2.24, 2.45) is 5.73 Å². The van der Waals surface area contributed by atoms with E-state index < -0.39 is 18.1 Å². The minimum Gasteiger partial charge on any atom is -0.383 e. The van der Waals surface area contributed by atoms with Crippen molar-refractivity contribution in [3.8, 4) is 0 Å². The number of carbonyl (C=O) groups is 2. The van der Waals surface area contributed by atoms with Gasteiger partial charge in [-0.25, -0.2) is 4.98 Å². The summed E-state index contributed by atoms with van der Waals surface area (Å²) in [6.45, 7) is 4.67. The lowest BCUT2D eigenvalue weighted by atomic mass is 9.98. The van der Waals surface area contributed by atoms with Gasteiger partial charge in [-0.05, 0) is 65.9 Å². The molecule has 1 aromatic heterocycles. The minimum atomic E-state index is -1.23. The van der Waals surface area contributed by atoms with Gasteiger partial charge in [0.2, 0.25) is 5.91 Å². The van der Waals surface area contributed by atoms with E-state index in [1.165, 1.54) is 5.56 Å². The van der Waals surface area contributed by atoms with Gasteiger partial charge in [0.25, 0.3) is 5.91 Å². The number of aliphatic hydroxyl groups is 1. The highest BCUT2D eigenvalue weighted by atomic mass is 16.3. The Kier molecular flexibility index (Phi) is 9.71. The zero-order valence-corrected chi connectivity index (χ0v) is 21.0. The average Bonchev–Trinajstić information content (AvgIpc) is 2.92. The second kappa shape index (κ2) is 13.2. The van der Waals surface area contributed by atoms with Gasteiger partial charge >= 0.3 is 0 Å². The number of anilines is 2. The molecule has 7 N–H and O–H groups in total. The molecule has 0 aliphatic carbocycles. The number of primary amides is 1. The van der Waals surface area contributed by atoms with Crippen LogP contribution in [0.5, 0.6) is 0 Å². The van der Waals surface area contributed by atoms with Gasteiger partial charge in [0, 0.05) is 22.8 Å². The number of fused-ring (bicyclic) bond motifs is 1. The molecule has 2 amide bonds. The van der Waals surface area contributed by atoms with E-state index in [1.54, 1.807) is 36.5 Å². The number of rotatable bonds is 8. The van der Waals surface area contributed by atoms with Crippen molar-refractivity contribution in [2.75, 3.05) is 17.6 Å². The number of likely N-dealkylation sites (N-methyl/N-ethyl adjacent to an activating group) is 1. The number of amides is 2. The van der Waals surface area contributed by atoms with Crippen molar-refractivity contribution < 1.29 is 14.7 Å². The molecule has 4 aromatic rings. The number of hydrogen-bond donors (Lipinski definition) is 5. The summed E-state index contributed by atoms with van der Waals surface area (Å²) < 4.78 is 0. The number of aryl methyl sites for hydroxylation is 1. The zero-order valence-electron chi connectivity index (χ0n) is 21.0. The highest BCUT2D eigenvalue weighted by Crippen LogP contribution is 2.24. The molecular formula is C29H33N5O3. The van der Waals surface area contributed by atoms with Crippen molar-refractivity contribution in [1.29, 1.82) is 0 Å². The van der Waals surface area contributed by atoms with Gasteiger partial charge in [-0.15, -0.1) is 0 Å². The van der Waals surface area contributed by atoms with Crippen LogP contribution in [0.2, 0.25) is 0 Å². The number of carbonyl (C=O) groups excluding carboxylic acids is 2. The van der Waals surface area contributed by atoms with Gasteiger partial charge in [-0.3, -0.25) is 9.59 Å². The summed E-state index contributed by atoms with van der Waals surface area (Å²) in [5, 5.41) is 18.4. The third kappa shape index (κ3) is 7.36. The number of benzene rings is 3. The molecule has 3 aromatic carbocycles. The van der Waals surface area contributed by atoms with E-state index in [0.717, 1.165) is 22.8 Å². The number of nitrogen functional groups attached to an aromatic ring is 1. The normalized spacial score (nSPS) is 12.2. The Hall–Kier alpha value is -4.27. The van der Waals surface area contributed by atoms with Crippen LogP contribution >= 0.6 is 0 Å². The summed E-state index contributed by atoms with van der Waals surface area (Å²) in [4.78, 5) is 27.2. The van der Waals surface area contributed by atoms with Crippen LogP contribution in [0.15, 0.2) is 85.1 Å². The maximum Gasteiger partial charge on any atom is 0.255 e. The molecule has 0 bridgehead atoms. The first-order valence-corrected chi connectivity index (χ1v) is 12.1. The van der Waals surface area contributed by atoms with Crippen molar-refractivity contribution in [2.45, 2.75) is 32.4 Å². The Labute approximate surface area is 216 Å². The van der Waals surface area contributed by atoms with Crippen LogP contribution in [0.1, 0.15) is 41.4 Å². The maximum absolute atomic E-state index is 12.7. The van der Waals surface area contributed by atoms with Crippen molar-refractivity contribution in [1.82, 2.24) is 10.3 Å². The van der Waals surface area contributed by atoms with Crippen LogP contribution in [-0.2, 0) is 11.2 Å². The largest absolute Gasteiger partial charge is 0.383 e. The third-order valence-electron chi connectivity index (χ3n) is 5.88. The van der Waals surface area contributed by atoms with Gasteiger partial charge in [0.1, 0.15) is 5.82 Å². The Balaban J connectivity index is 0.000000356. The molecular weight excluding hydrogens is 466 g/mol. The predicted molar refractivity (Wildman–Crippen MR) is 148 cm³/mol. The monoisotopic (exact) mass is 499 g/mol. The van der Waals surface area contributed by atoms with E-state index in [4.69, 9.17) is 11.5 Å². The number of pyridine rings is 1. The fourth-order valence-electron chi connectivity index (χ4n) is 3.84. The molecule has 192 valence electrons. The van der Waals surface area contributed by atoms with Crippen LogP contribution in [0.3, 0.4) is 0 Å². The summed E-state index contributed by atoms with van der Waals surface area (Å²) >= 11 is 0. The Bertz CT molecular complexity index is 1330. The molecule has 0 spiro atoms. The molecule has 4 rings (SSSR count). The molecule has 2 atom stereocenters. The number of nitrogens with two attached hydrogens (primary N) is 2. The van der Waals surface area contributed by atoms with Crippen LogP contribution in [-0.4, -0.2) is 34.6 Å². The molecule has 0 saturated heterocycles. The first kappa shape index (κ1) is 27.3. The summed E-state index contributed by atoms with van der Waals surface area (Å²) in [6.07, 6.45) is 1.34. The standard InChI is InChI=1S/C22H26N4O2.C7H7NO/c1-3-14-5-7-15(8-6-14)19(24-4-2)20(27)22(28)26-17-9-10-18-16(13-17)11-12-25-21(18)23;8-7(9)6-4-2-1-3-5-6/h5-13,19-20,24,27H,3-4H2,1-2H3,(H2,23,25)(H,26,28);1-5H,(H2,8,9). The highest BCUT2D eigenvalue weighted by Gasteiger charge is 2.27. The van der Waals surface area contributed by atoms with E-state index in [0.29, 0.717) is 23.6 Å². The lowest BCUT2D eigenvalue weighted by Gasteiger charge is -2.24. The quantitative estimate of drug-likeness (QED) is 0.249. The summed E-state index contributed by atoms with van der Waals surface area (Å²) in [7, 11) is 0. The van der Waals surface area contributed by atoms with Crippen molar-refractivity contribution in [3.05, 3.63) is 102 Å². The Morgan fingerprint density at radius 1 is 0.973 bits per heavy atom. The van der Waals surface area contributed by atoms with Crippen molar-refractivity contribution in [3.63, 3.8) is 0 Å². The molecule has 0 aliphatic heterocycles. The Morgan fingerprint density at radius 3 is 2.27 bits per heavy atom. The second-order valence-electron chi connectivity index (χ2n) is 8.43. The predicted octanol–water partition coefficient (Wildman–Crippen LogP) is 3.82. The third-order valence-corrected chi connectivity index (χ3v) is 5.88. The van der Waals surface area contributed by atoms with E-state index in [9.17, 15) is 14.7 Å².